The Morgan fingerprint density at radius 3 is 2.83 bits per heavy atom. The van der Waals surface area contributed by atoms with Gasteiger partial charge in [0.05, 0.1) is 10.6 Å². The van der Waals surface area contributed by atoms with Crippen LogP contribution in [0.3, 0.4) is 0 Å². The summed E-state index contributed by atoms with van der Waals surface area (Å²) in [5.41, 5.74) is -1.36. The van der Waals surface area contributed by atoms with Crippen molar-refractivity contribution in [3.8, 4) is 11.3 Å². The predicted molar refractivity (Wildman–Crippen MR) is 101 cm³/mol. The number of rotatable bonds is 6. The number of nitro groups is 1. The molecule has 0 saturated carbocycles. The van der Waals surface area contributed by atoms with Crippen molar-refractivity contribution in [2.24, 2.45) is 0 Å². The van der Waals surface area contributed by atoms with Gasteiger partial charge in [0.1, 0.15) is 5.56 Å². The number of hydrogen-bond donors (Lipinski definition) is 3. The van der Waals surface area contributed by atoms with Gasteiger partial charge in [0.25, 0.3) is 17.2 Å². The van der Waals surface area contributed by atoms with Crippen LogP contribution in [-0.4, -0.2) is 38.4 Å². The molecule has 1 amide bonds. The summed E-state index contributed by atoms with van der Waals surface area (Å²) in [6.07, 6.45) is 0.882. The van der Waals surface area contributed by atoms with Crippen LogP contribution in [0.15, 0.2) is 45.4 Å². The largest absolute Gasteiger partial charge is 0.452 e. The molecule has 0 radical (unpaired) electrons. The summed E-state index contributed by atoms with van der Waals surface area (Å²) in [6, 6.07) is 5.85. The van der Waals surface area contributed by atoms with Gasteiger partial charge in [-0.15, -0.1) is 11.3 Å². The van der Waals surface area contributed by atoms with Crippen molar-refractivity contribution < 1.29 is 19.2 Å². The first-order valence-electron chi connectivity index (χ1n) is 7.83. The molecule has 29 heavy (non-hydrogen) atoms. The molecule has 0 spiro atoms. The number of nitrogens with zero attached hydrogens (tertiary/aromatic N) is 2. The number of thiazole rings is 1. The van der Waals surface area contributed by atoms with Gasteiger partial charge < -0.3 is 9.72 Å². The van der Waals surface area contributed by atoms with E-state index in [0.717, 1.165) is 17.5 Å². The summed E-state index contributed by atoms with van der Waals surface area (Å²) in [4.78, 5) is 64.6. The lowest BCUT2D eigenvalue weighted by Gasteiger charge is -2.04. The Bertz CT molecular complexity index is 1210. The quantitative estimate of drug-likeness (QED) is 0.301. The maximum absolute atomic E-state index is 11.9. The van der Waals surface area contributed by atoms with Crippen LogP contribution in [0.1, 0.15) is 10.4 Å². The monoisotopic (exact) mass is 417 g/mol. The Kier molecular flexibility index (Phi) is 5.59. The van der Waals surface area contributed by atoms with E-state index < -0.39 is 40.2 Å². The Balaban J connectivity index is 1.61. The summed E-state index contributed by atoms with van der Waals surface area (Å²) in [6.45, 7) is -0.691. The first-order valence-corrected chi connectivity index (χ1v) is 8.71. The molecule has 1 aromatic carbocycles. The number of esters is 1. The highest BCUT2D eigenvalue weighted by Crippen LogP contribution is 2.27. The molecular weight excluding hydrogens is 406 g/mol. The number of nitrogens with one attached hydrogen (secondary N) is 3. The smallest absolute Gasteiger partial charge is 0.345 e. The summed E-state index contributed by atoms with van der Waals surface area (Å²) in [7, 11) is 0. The molecule has 13 heteroatoms. The van der Waals surface area contributed by atoms with Crippen LogP contribution in [0.25, 0.3) is 11.3 Å². The highest BCUT2D eigenvalue weighted by molar-refractivity contribution is 7.14. The van der Waals surface area contributed by atoms with Gasteiger partial charge in [-0.3, -0.25) is 30.0 Å². The average Bonchev–Trinajstić information content (AvgIpc) is 3.14. The molecule has 0 aliphatic rings. The van der Waals surface area contributed by atoms with Crippen molar-refractivity contribution in [2.75, 3.05) is 11.9 Å². The predicted octanol–water partition coefficient (Wildman–Crippen LogP) is 0.890. The van der Waals surface area contributed by atoms with Crippen LogP contribution in [0.5, 0.6) is 0 Å². The zero-order chi connectivity index (χ0) is 21.0. The minimum absolute atomic E-state index is 0.0924. The highest BCUT2D eigenvalue weighted by Gasteiger charge is 2.16. The van der Waals surface area contributed by atoms with Crippen LogP contribution in [0.2, 0.25) is 0 Å². The molecule has 0 aliphatic carbocycles. The number of aromatic nitrogens is 3. The van der Waals surface area contributed by atoms with E-state index >= 15 is 0 Å². The molecule has 148 valence electrons. The van der Waals surface area contributed by atoms with Crippen molar-refractivity contribution >= 4 is 34.0 Å². The number of carbonyl (C=O) groups excluding carboxylic acids is 2. The van der Waals surface area contributed by atoms with Crippen LogP contribution in [-0.2, 0) is 9.53 Å². The van der Waals surface area contributed by atoms with E-state index in [1.807, 2.05) is 4.98 Å². The lowest BCUT2D eigenvalue weighted by atomic mass is 10.1. The van der Waals surface area contributed by atoms with Crippen molar-refractivity contribution in [1.82, 2.24) is 15.0 Å². The van der Waals surface area contributed by atoms with Crippen LogP contribution in [0.4, 0.5) is 10.8 Å². The van der Waals surface area contributed by atoms with Crippen molar-refractivity contribution in [1.29, 1.82) is 0 Å². The summed E-state index contributed by atoms with van der Waals surface area (Å²) in [5, 5.41) is 15.1. The molecule has 0 saturated heterocycles. The lowest BCUT2D eigenvalue weighted by Crippen LogP contribution is -2.29. The van der Waals surface area contributed by atoms with E-state index in [0.29, 0.717) is 11.3 Å². The van der Waals surface area contributed by atoms with Gasteiger partial charge in [-0.25, -0.2) is 14.6 Å². The summed E-state index contributed by atoms with van der Waals surface area (Å²) in [5.74, 6) is -1.80. The van der Waals surface area contributed by atoms with E-state index in [4.69, 9.17) is 4.74 Å². The van der Waals surface area contributed by atoms with Gasteiger partial charge >= 0.3 is 11.7 Å². The molecule has 2 heterocycles. The molecule has 3 aromatic rings. The Labute approximate surface area is 164 Å². The van der Waals surface area contributed by atoms with E-state index in [9.17, 15) is 29.3 Å². The van der Waals surface area contributed by atoms with Crippen molar-refractivity contribution in [3.05, 3.63) is 72.4 Å². The Hall–Kier alpha value is -4.13. The van der Waals surface area contributed by atoms with E-state index in [2.05, 4.69) is 15.3 Å². The maximum Gasteiger partial charge on any atom is 0.345 e. The number of benzene rings is 1. The molecule has 0 unspecified atom stereocenters. The number of non-ortho nitro benzene ring substituents is 1. The van der Waals surface area contributed by atoms with Crippen molar-refractivity contribution in [3.63, 3.8) is 0 Å². The van der Waals surface area contributed by atoms with Gasteiger partial charge in [0.2, 0.25) is 0 Å². The molecule has 0 atom stereocenters. The third-order valence-corrected chi connectivity index (χ3v) is 4.23. The summed E-state index contributed by atoms with van der Waals surface area (Å²) < 4.78 is 4.73. The van der Waals surface area contributed by atoms with Gasteiger partial charge in [-0.05, 0) is 0 Å². The second-order valence-corrected chi connectivity index (χ2v) is 6.31. The topological polar surface area (TPSA) is 177 Å². The van der Waals surface area contributed by atoms with Gasteiger partial charge in [-0.2, -0.15) is 0 Å². The van der Waals surface area contributed by atoms with Crippen LogP contribution < -0.4 is 16.6 Å². The first kappa shape index (κ1) is 19.6. The van der Waals surface area contributed by atoms with Gasteiger partial charge in [0, 0.05) is 29.3 Å². The maximum atomic E-state index is 11.9. The second kappa shape index (κ2) is 8.26. The third kappa shape index (κ3) is 4.78. The third-order valence-electron chi connectivity index (χ3n) is 3.48. The van der Waals surface area contributed by atoms with Crippen molar-refractivity contribution in [2.45, 2.75) is 0 Å². The van der Waals surface area contributed by atoms with Crippen LogP contribution in [0, 0.1) is 10.1 Å². The second-order valence-electron chi connectivity index (χ2n) is 5.46. The Morgan fingerprint density at radius 1 is 1.31 bits per heavy atom. The minimum Gasteiger partial charge on any atom is -0.452 e. The van der Waals surface area contributed by atoms with E-state index in [-0.39, 0.29) is 10.8 Å². The van der Waals surface area contributed by atoms with E-state index in [1.165, 1.54) is 18.2 Å². The number of carbonyl (C=O) groups is 2. The first-order chi connectivity index (χ1) is 13.8. The standard InChI is InChI=1S/C16H11N5O7S/c22-12(6-28-14(24)10-5-17-15(25)20-13(10)23)19-16-18-11(7-29-16)8-2-1-3-9(4-8)21(26)27/h1-5,7H,6H2,(H,18,19,22)(H2,17,20,23,25). The van der Waals surface area contributed by atoms with E-state index in [1.54, 1.807) is 11.4 Å². The minimum atomic E-state index is -1.09. The number of aromatic amines is 2. The number of amides is 1. The fourth-order valence-electron chi connectivity index (χ4n) is 2.17. The summed E-state index contributed by atoms with van der Waals surface area (Å²) >= 11 is 1.07. The SMILES string of the molecule is O=C(COC(=O)c1c[nH]c(=O)[nH]c1=O)Nc1nc(-c2cccc([N+](=O)[O-])c2)cs1. The average molecular weight is 417 g/mol. The van der Waals surface area contributed by atoms with Gasteiger partial charge in [-0.1, -0.05) is 12.1 Å². The molecule has 0 fully saturated rings. The van der Waals surface area contributed by atoms with Crippen LogP contribution >= 0.6 is 11.3 Å². The molecule has 0 bridgehead atoms. The van der Waals surface area contributed by atoms with Gasteiger partial charge in [0.15, 0.2) is 11.7 Å². The zero-order valence-electron chi connectivity index (χ0n) is 14.3. The molecular formula is C16H11N5O7S. The normalized spacial score (nSPS) is 10.3. The number of H-pyrrole nitrogens is 2. The fourth-order valence-corrected chi connectivity index (χ4v) is 2.90. The molecule has 12 nitrogen and oxygen atoms in total. The lowest BCUT2D eigenvalue weighted by molar-refractivity contribution is -0.384. The molecule has 3 N–H and O–H groups in total. The zero-order valence-corrected chi connectivity index (χ0v) is 15.1. The molecule has 3 rings (SSSR count). The Morgan fingerprint density at radius 2 is 2.10 bits per heavy atom. The fraction of sp³-hybridized carbons (Fsp3) is 0.0625. The highest BCUT2D eigenvalue weighted by atomic mass is 32.1. The molecule has 0 aliphatic heterocycles. The number of nitro benzene ring substituents is 1. The number of anilines is 1. The number of hydrogen-bond acceptors (Lipinski definition) is 9. The molecule has 2 aromatic heterocycles. The number of ether oxygens (including phenoxy) is 1.